The van der Waals surface area contributed by atoms with E-state index in [0.29, 0.717) is 12.8 Å². The molecule has 0 rings (SSSR count). The summed E-state index contributed by atoms with van der Waals surface area (Å²) >= 11 is 0. The highest BCUT2D eigenvalue weighted by molar-refractivity contribution is 5.71. The van der Waals surface area contributed by atoms with Gasteiger partial charge in [-0.15, -0.1) is 0 Å². The number of carboxylic acid groups (broad SMARTS) is 1. The molecule has 0 aromatic heterocycles. The van der Waals surface area contributed by atoms with Crippen LogP contribution in [0, 0.1) is 0 Å². The molecule has 4 nitrogen and oxygen atoms in total. The molecule has 0 saturated heterocycles. The molecule has 0 bridgehead atoms. The van der Waals surface area contributed by atoms with Crippen molar-refractivity contribution in [1.82, 2.24) is 0 Å². The fourth-order valence-electron chi connectivity index (χ4n) is 1.93. The molecule has 0 aliphatic carbocycles. The number of rotatable bonds is 13. The van der Waals surface area contributed by atoms with Crippen molar-refractivity contribution in [1.29, 1.82) is 0 Å². The first-order valence-corrected chi connectivity index (χ1v) is 7.03. The molecule has 0 saturated carbocycles. The van der Waals surface area contributed by atoms with Gasteiger partial charge in [-0.3, -0.25) is 0 Å². The minimum absolute atomic E-state index is 0.362. The molecule has 4 heteroatoms. The standard InChI is InChI=1S/C14H26O4/c15-12-10-8-6-4-2-1-3-5-7-9-11-13(16)14(17)18/h12-13,16H,1-11H2,(H,17,18). The van der Waals surface area contributed by atoms with Crippen LogP contribution in [0.3, 0.4) is 0 Å². The van der Waals surface area contributed by atoms with E-state index in [9.17, 15) is 9.59 Å². The summed E-state index contributed by atoms with van der Waals surface area (Å²) in [6, 6.07) is 0. The average molecular weight is 258 g/mol. The second-order valence-corrected chi connectivity index (χ2v) is 4.78. The fraction of sp³-hybridized carbons (Fsp3) is 0.857. The van der Waals surface area contributed by atoms with Crippen molar-refractivity contribution in [3.8, 4) is 0 Å². The summed E-state index contributed by atoms with van der Waals surface area (Å²) in [5.41, 5.74) is 0. The van der Waals surface area contributed by atoms with Gasteiger partial charge in [0.15, 0.2) is 6.10 Å². The summed E-state index contributed by atoms with van der Waals surface area (Å²) in [7, 11) is 0. The van der Waals surface area contributed by atoms with E-state index < -0.39 is 12.1 Å². The number of carboxylic acids is 1. The van der Waals surface area contributed by atoms with Gasteiger partial charge < -0.3 is 15.0 Å². The number of carbonyl (C=O) groups excluding carboxylic acids is 1. The second-order valence-electron chi connectivity index (χ2n) is 4.78. The van der Waals surface area contributed by atoms with Crippen molar-refractivity contribution in [3.05, 3.63) is 0 Å². The molecular formula is C14H26O4. The number of aldehydes is 1. The van der Waals surface area contributed by atoms with Crippen molar-refractivity contribution in [2.75, 3.05) is 0 Å². The lowest BCUT2D eigenvalue weighted by Gasteiger charge is -2.05. The molecule has 1 unspecified atom stereocenters. The second kappa shape index (κ2) is 12.6. The summed E-state index contributed by atoms with van der Waals surface area (Å²) in [5, 5.41) is 17.5. The molecule has 0 aromatic carbocycles. The third-order valence-corrected chi connectivity index (χ3v) is 3.08. The zero-order valence-corrected chi connectivity index (χ0v) is 11.1. The lowest BCUT2D eigenvalue weighted by atomic mass is 10.0. The highest BCUT2D eigenvalue weighted by Crippen LogP contribution is 2.11. The van der Waals surface area contributed by atoms with Gasteiger partial charge in [0.05, 0.1) is 0 Å². The minimum atomic E-state index is -1.19. The van der Waals surface area contributed by atoms with Gasteiger partial charge in [0.1, 0.15) is 6.29 Å². The van der Waals surface area contributed by atoms with Gasteiger partial charge >= 0.3 is 5.97 Å². The Morgan fingerprint density at radius 2 is 1.33 bits per heavy atom. The summed E-state index contributed by atoms with van der Waals surface area (Å²) in [6.07, 6.45) is 10.7. The topological polar surface area (TPSA) is 74.6 Å². The maximum Gasteiger partial charge on any atom is 0.332 e. The maximum absolute atomic E-state index is 10.3. The maximum atomic E-state index is 10.3. The molecule has 0 fully saturated rings. The highest BCUT2D eigenvalue weighted by Gasteiger charge is 2.11. The first-order valence-electron chi connectivity index (χ1n) is 7.03. The lowest BCUT2D eigenvalue weighted by Crippen LogP contribution is -2.18. The Labute approximate surface area is 109 Å². The third-order valence-electron chi connectivity index (χ3n) is 3.08. The van der Waals surface area contributed by atoms with Crippen molar-refractivity contribution in [2.24, 2.45) is 0 Å². The molecule has 0 radical (unpaired) electrons. The smallest absolute Gasteiger partial charge is 0.332 e. The predicted octanol–water partition coefficient (Wildman–Crippen LogP) is 2.92. The van der Waals surface area contributed by atoms with Crippen LogP contribution in [0.15, 0.2) is 0 Å². The number of hydrogen-bond donors (Lipinski definition) is 2. The minimum Gasteiger partial charge on any atom is -0.479 e. The van der Waals surface area contributed by atoms with E-state index >= 15 is 0 Å². The van der Waals surface area contributed by atoms with Crippen LogP contribution in [-0.2, 0) is 9.59 Å². The SMILES string of the molecule is O=CCCCCCCCCCCCC(O)C(=O)O. The summed E-state index contributed by atoms with van der Waals surface area (Å²) in [5.74, 6) is -1.12. The first-order chi connectivity index (χ1) is 8.68. The normalized spacial score (nSPS) is 12.3. The Kier molecular flexibility index (Phi) is 11.9. The Morgan fingerprint density at radius 1 is 0.889 bits per heavy atom. The van der Waals surface area contributed by atoms with Crippen LogP contribution in [0.5, 0.6) is 0 Å². The van der Waals surface area contributed by atoms with Gasteiger partial charge in [0.2, 0.25) is 0 Å². The zero-order chi connectivity index (χ0) is 13.6. The predicted molar refractivity (Wildman–Crippen MR) is 70.5 cm³/mol. The van der Waals surface area contributed by atoms with E-state index in [1.54, 1.807) is 0 Å². The van der Waals surface area contributed by atoms with E-state index in [4.69, 9.17) is 10.2 Å². The number of hydrogen-bond acceptors (Lipinski definition) is 3. The largest absolute Gasteiger partial charge is 0.479 e. The number of aliphatic hydroxyl groups is 1. The Morgan fingerprint density at radius 3 is 1.78 bits per heavy atom. The van der Waals surface area contributed by atoms with Gasteiger partial charge in [-0.25, -0.2) is 4.79 Å². The van der Waals surface area contributed by atoms with E-state index in [1.165, 1.54) is 25.7 Å². The Balaban J connectivity index is 3.07. The Hall–Kier alpha value is -0.900. The molecule has 1 atom stereocenters. The molecule has 2 N–H and O–H groups in total. The quantitative estimate of drug-likeness (QED) is 0.393. The molecule has 0 aliphatic heterocycles. The first kappa shape index (κ1) is 17.1. The molecule has 0 aromatic rings. The van der Waals surface area contributed by atoms with Crippen molar-refractivity contribution in [3.63, 3.8) is 0 Å². The molecule has 0 heterocycles. The van der Waals surface area contributed by atoms with Crippen molar-refractivity contribution >= 4 is 12.3 Å². The third kappa shape index (κ3) is 11.6. The van der Waals surface area contributed by atoms with Crippen LogP contribution < -0.4 is 0 Å². The summed E-state index contributed by atoms with van der Waals surface area (Å²) < 4.78 is 0. The summed E-state index contributed by atoms with van der Waals surface area (Å²) in [4.78, 5) is 20.4. The van der Waals surface area contributed by atoms with Gasteiger partial charge in [-0.2, -0.15) is 0 Å². The summed E-state index contributed by atoms with van der Waals surface area (Å²) in [6.45, 7) is 0. The van der Waals surface area contributed by atoms with Crippen LogP contribution in [0.2, 0.25) is 0 Å². The van der Waals surface area contributed by atoms with Gasteiger partial charge in [0, 0.05) is 6.42 Å². The van der Waals surface area contributed by atoms with E-state index in [1.807, 2.05) is 0 Å². The van der Waals surface area contributed by atoms with E-state index in [0.717, 1.165) is 38.4 Å². The van der Waals surface area contributed by atoms with Gasteiger partial charge in [0.25, 0.3) is 0 Å². The van der Waals surface area contributed by atoms with Crippen LogP contribution in [-0.4, -0.2) is 28.6 Å². The fourth-order valence-corrected chi connectivity index (χ4v) is 1.93. The molecule has 0 aliphatic rings. The highest BCUT2D eigenvalue weighted by atomic mass is 16.4. The van der Waals surface area contributed by atoms with Crippen LogP contribution >= 0.6 is 0 Å². The number of unbranched alkanes of at least 4 members (excludes halogenated alkanes) is 9. The number of aliphatic hydroxyl groups excluding tert-OH is 1. The molecule has 18 heavy (non-hydrogen) atoms. The van der Waals surface area contributed by atoms with Crippen LogP contribution in [0.1, 0.15) is 70.6 Å². The number of aliphatic carboxylic acids is 1. The molecular weight excluding hydrogens is 232 g/mol. The molecule has 0 spiro atoms. The van der Waals surface area contributed by atoms with E-state index in [2.05, 4.69) is 0 Å². The van der Waals surface area contributed by atoms with Crippen molar-refractivity contribution in [2.45, 2.75) is 76.7 Å². The zero-order valence-electron chi connectivity index (χ0n) is 11.1. The molecule has 0 amide bonds. The van der Waals surface area contributed by atoms with E-state index in [-0.39, 0.29) is 0 Å². The average Bonchev–Trinajstić information content (AvgIpc) is 2.35. The van der Waals surface area contributed by atoms with Crippen molar-refractivity contribution < 1.29 is 19.8 Å². The number of carbonyl (C=O) groups is 2. The van der Waals surface area contributed by atoms with Gasteiger partial charge in [-0.05, 0) is 12.8 Å². The molecule has 106 valence electrons. The lowest BCUT2D eigenvalue weighted by molar-refractivity contribution is -0.146. The van der Waals surface area contributed by atoms with Crippen LogP contribution in [0.4, 0.5) is 0 Å². The monoisotopic (exact) mass is 258 g/mol. The van der Waals surface area contributed by atoms with Gasteiger partial charge in [-0.1, -0.05) is 51.4 Å². The Bertz CT molecular complexity index is 216. The van der Waals surface area contributed by atoms with Crippen LogP contribution in [0.25, 0.3) is 0 Å².